The average Bonchev–Trinajstić information content (AvgIpc) is 3.03. The fourth-order valence-corrected chi connectivity index (χ4v) is 4.14. The number of rotatable bonds is 28. The molecule has 0 aliphatic carbocycles. The van der Waals surface area contributed by atoms with Gasteiger partial charge in [0.2, 0.25) is 0 Å². The highest BCUT2D eigenvalue weighted by molar-refractivity contribution is 5.70. The molecule has 45 heavy (non-hydrogen) atoms. The Balaban J connectivity index is 3.81. The molecule has 0 aliphatic rings. The van der Waals surface area contributed by atoms with Crippen LogP contribution in [0.5, 0.6) is 0 Å². The summed E-state index contributed by atoms with van der Waals surface area (Å²) in [7, 11) is 0. The number of carbonyl (C=O) groups is 2. The zero-order chi connectivity index (χ0) is 33.4. The Morgan fingerprint density at radius 3 is 1.78 bits per heavy atom. The predicted molar refractivity (Wildman–Crippen MR) is 185 cm³/mol. The molecule has 0 saturated carbocycles. The Labute approximate surface area is 273 Å². The van der Waals surface area contributed by atoms with E-state index in [9.17, 15) is 24.9 Å². The Bertz CT molecular complexity index is 900. The highest BCUT2D eigenvalue weighted by Gasteiger charge is 2.11. The number of hydrogen-bond donors (Lipinski definition) is 3. The normalized spacial score (nSPS) is 15.2. The van der Waals surface area contributed by atoms with E-state index in [0.29, 0.717) is 32.1 Å². The predicted octanol–water partition coefficient (Wildman–Crippen LogP) is 8.02. The summed E-state index contributed by atoms with van der Waals surface area (Å²) in [5.74, 6) is 0.0710. The summed E-state index contributed by atoms with van der Waals surface area (Å²) < 4.78 is 10.2. The van der Waals surface area contributed by atoms with Gasteiger partial charge in [-0.1, -0.05) is 139 Å². The molecule has 0 bridgehead atoms. The monoisotopic (exact) mass is 630 g/mol. The molecule has 1 unspecified atom stereocenters. The summed E-state index contributed by atoms with van der Waals surface area (Å²) in [6.45, 7) is 6.22. The van der Waals surface area contributed by atoms with Gasteiger partial charge in [0.25, 0.3) is 0 Å². The van der Waals surface area contributed by atoms with E-state index >= 15 is 0 Å². The summed E-state index contributed by atoms with van der Waals surface area (Å²) in [4.78, 5) is 23.8. The van der Waals surface area contributed by atoms with Crippen molar-refractivity contribution in [1.82, 2.24) is 0 Å². The smallest absolute Gasteiger partial charge is 0.306 e. The van der Waals surface area contributed by atoms with Crippen LogP contribution in [0.3, 0.4) is 0 Å². The molecule has 0 fully saturated rings. The van der Waals surface area contributed by atoms with Crippen molar-refractivity contribution in [3.8, 4) is 0 Å². The fraction of sp³-hybridized carbons (Fsp3) is 0.632. The van der Waals surface area contributed by atoms with Crippen LogP contribution in [0.4, 0.5) is 0 Å². The number of aliphatic hydroxyl groups is 3. The molecule has 3 N–H and O–H groups in total. The molecule has 7 nitrogen and oxygen atoms in total. The van der Waals surface area contributed by atoms with E-state index in [-0.39, 0.29) is 25.6 Å². The van der Waals surface area contributed by atoms with Crippen molar-refractivity contribution in [2.45, 2.75) is 135 Å². The first-order valence-corrected chi connectivity index (χ1v) is 17.1. The molecule has 0 amide bonds. The molecule has 0 spiro atoms. The van der Waals surface area contributed by atoms with E-state index in [1.165, 1.54) is 32.1 Å². The van der Waals surface area contributed by atoms with Crippen LogP contribution >= 0.6 is 0 Å². The minimum absolute atomic E-state index is 0.172. The summed E-state index contributed by atoms with van der Waals surface area (Å²) in [6.07, 6.45) is 33.2. The van der Waals surface area contributed by atoms with E-state index in [4.69, 9.17) is 9.47 Å². The molecule has 0 radical (unpaired) electrons. The highest BCUT2D eigenvalue weighted by atomic mass is 16.6. The van der Waals surface area contributed by atoms with Crippen molar-refractivity contribution >= 4 is 11.9 Å². The van der Waals surface area contributed by atoms with Crippen molar-refractivity contribution in [2.75, 3.05) is 13.2 Å². The van der Waals surface area contributed by atoms with E-state index < -0.39 is 24.3 Å². The molecule has 0 saturated heterocycles. The second-order valence-corrected chi connectivity index (χ2v) is 11.6. The van der Waals surface area contributed by atoms with Gasteiger partial charge in [-0.2, -0.15) is 0 Å². The van der Waals surface area contributed by atoms with Gasteiger partial charge in [0.1, 0.15) is 19.3 Å². The molecule has 7 heteroatoms. The molecule has 0 aromatic carbocycles. The van der Waals surface area contributed by atoms with Gasteiger partial charge in [-0.05, 0) is 44.4 Å². The first kappa shape index (κ1) is 42.3. The maximum Gasteiger partial charge on any atom is 0.306 e. The lowest BCUT2D eigenvalue weighted by Crippen LogP contribution is -2.25. The first-order chi connectivity index (χ1) is 21.8. The molecule has 0 aliphatic heterocycles. The lowest BCUT2D eigenvalue weighted by molar-refractivity contribution is -0.152. The molecular weight excluding hydrogens is 568 g/mol. The average molecular weight is 631 g/mol. The van der Waals surface area contributed by atoms with Crippen LogP contribution < -0.4 is 0 Å². The van der Waals surface area contributed by atoms with E-state index in [2.05, 4.69) is 20.8 Å². The Morgan fingerprint density at radius 1 is 0.644 bits per heavy atom. The number of esters is 2. The first-order valence-electron chi connectivity index (χ1n) is 17.1. The zero-order valence-electron chi connectivity index (χ0n) is 28.2. The van der Waals surface area contributed by atoms with Gasteiger partial charge in [-0.15, -0.1) is 0 Å². The van der Waals surface area contributed by atoms with Crippen molar-refractivity contribution in [2.24, 2.45) is 5.92 Å². The van der Waals surface area contributed by atoms with Gasteiger partial charge in [0.15, 0.2) is 0 Å². The highest BCUT2D eigenvalue weighted by Crippen LogP contribution is 2.14. The number of allylic oxidation sites excluding steroid dienone is 8. The third-order valence-corrected chi connectivity index (χ3v) is 7.18. The van der Waals surface area contributed by atoms with Gasteiger partial charge in [0.05, 0.1) is 12.2 Å². The summed E-state index contributed by atoms with van der Waals surface area (Å²) in [6, 6.07) is 0. The Morgan fingerprint density at radius 2 is 1.18 bits per heavy atom. The van der Waals surface area contributed by atoms with Crippen molar-refractivity contribution in [3.05, 3.63) is 72.9 Å². The minimum atomic E-state index is -1.03. The van der Waals surface area contributed by atoms with Gasteiger partial charge < -0.3 is 24.8 Å². The van der Waals surface area contributed by atoms with Gasteiger partial charge >= 0.3 is 11.9 Å². The molecule has 0 aromatic rings. The molecule has 0 aromatic heterocycles. The van der Waals surface area contributed by atoms with Crippen molar-refractivity contribution < 1.29 is 34.4 Å². The third-order valence-electron chi connectivity index (χ3n) is 7.18. The lowest BCUT2D eigenvalue weighted by Gasteiger charge is -2.12. The van der Waals surface area contributed by atoms with Gasteiger partial charge in [-0.25, -0.2) is 0 Å². The quantitative estimate of drug-likeness (QED) is 0.0347. The Kier molecular flexibility index (Phi) is 29.3. The van der Waals surface area contributed by atoms with Gasteiger partial charge in [-0.3, -0.25) is 9.59 Å². The molecule has 256 valence electrons. The zero-order valence-corrected chi connectivity index (χ0v) is 28.2. The molecule has 0 rings (SSSR count). The SMILES string of the molecule is CC/C=C\C[C@@H](O)/C=C/C=C\C=C\[C@@H](O)C/C=C\C/C=C\CCC(=O)OC[C@H](O)COC(=O)CCCCCCCCC(C)CC. The number of unbranched alkanes of at least 4 members (excludes halogenated alkanes) is 5. The van der Waals surface area contributed by atoms with Crippen molar-refractivity contribution in [1.29, 1.82) is 0 Å². The maximum atomic E-state index is 11.9. The lowest BCUT2D eigenvalue weighted by atomic mass is 10.00. The fourth-order valence-electron chi connectivity index (χ4n) is 4.14. The van der Waals surface area contributed by atoms with Gasteiger partial charge in [0, 0.05) is 12.8 Å². The topological polar surface area (TPSA) is 113 Å². The number of ether oxygens (including phenoxy) is 2. The Hall–Kier alpha value is -2.74. The van der Waals surface area contributed by atoms with Crippen LogP contribution in [0, 0.1) is 5.92 Å². The third kappa shape index (κ3) is 31.0. The van der Waals surface area contributed by atoms with E-state index in [1.54, 1.807) is 30.4 Å². The second-order valence-electron chi connectivity index (χ2n) is 11.6. The molecule has 0 heterocycles. The van der Waals surface area contributed by atoms with E-state index in [1.807, 2.05) is 42.5 Å². The van der Waals surface area contributed by atoms with Crippen LogP contribution in [0.25, 0.3) is 0 Å². The van der Waals surface area contributed by atoms with Crippen LogP contribution in [-0.4, -0.2) is 58.8 Å². The summed E-state index contributed by atoms with van der Waals surface area (Å²) in [5.41, 5.74) is 0. The minimum Gasteiger partial charge on any atom is -0.463 e. The van der Waals surface area contributed by atoms with E-state index in [0.717, 1.165) is 31.6 Å². The summed E-state index contributed by atoms with van der Waals surface area (Å²) in [5, 5.41) is 29.7. The second kappa shape index (κ2) is 31.3. The number of carbonyl (C=O) groups excluding carboxylic acids is 2. The van der Waals surface area contributed by atoms with Crippen LogP contribution in [0.1, 0.15) is 117 Å². The standard InChI is InChI=1S/C38H62O7/c1-4-6-17-25-34(39)27-20-15-16-21-28-35(40)26-19-12-8-10-14-23-30-38(43)45-32-36(41)31-44-37(42)29-22-13-9-7-11-18-24-33(3)5-2/h6,10,12,14-17,19-21,27-28,33-36,39-41H,4-5,7-9,11,13,18,22-26,29-32H2,1-3H3/b14-10-,16-15-,17-6-,19-12-,27-20+,28-21+/t33?,34-,35+,36-/m1/s1. The molecule has 4 atom stereocenters. The number of hydrogen-bond acceptors (Lipinski definition) is 7. The molecular formula is C38H62O7. The van der Waals surface area contributed by atoms with Crippen molar-refractivity contribution in [3.63, 3.8) is 0 Å². The van der Waals surface area contributed by atoms with Crippen LogP contribution in [0.2, 0.25) is 0 Å². The van der Waals surface area contributed by atoms with Crippen LogP contribution in [-0.2, 0) is 19.1 Å². The largest absolute Gasteiger partial charge is 0.463 e. The number of aliphatic hydroxyl groups excluding tert-OH is 3. The summed E-state index contributed by atoms with van der Waals surface area (Å²) >= 11 is 0. The van der Waals surface area contributed by atoms with Crippen LogP contribution in [0.15, 0.2) is 72.9 Å². The maximum absolute atomic E-state index is 11.9.